The molecule has 0 bridgehead atoms. The lowest BCUT2D eigenvalue weighted by molar-refractivity contribution is -0.274. The van der Waals surface area contributed by atoms with E-state index in [2.05, 4.69) is 20.3 Å². The summed E-state index contributed by atoms with van der Waals surface area (Å²) in [4.78, 5) is 14.5. The van der Waals surface area contributed by atoms with Crippen molar-refractivity contribution >= 4 is 6.03 Å². The number of hydrogen-bond donors (Lipinski definition) is 2. The largest absolute Gasteiger partial charge is 0.573 e. The number of rotatable bonds is 7. The normalized spacial score (nSPS) is 14.9. The molecule has 6 nitrogen and oxygen atoms in total. The molecule has 0 saturated carbocycles. The van der Waals surface area contributed by atoms with Crippen LogP contribution in [0.25, 0.3) is 0 Å². The highest BCUT2D eigenvalue weighted by Gasteiger charge is 2.32. The van der Waals surface area contributed by atoms with Crippen LogP contribution in [0.2, 0.25) is 0 Å². The summed E-state index contributed by atoms with van der Waals surface area (Å²) in [7, 11) is 0. The molecule has 0 unspecified atom stereocenters. The van der Waals surface area contributed by atoms with Gasteiger partial charge in [-0.25, -0.2) is 4.79 Å². The molecule has 9 heteroatoms. The lowest BCUT2D eigenvalue weighted by Gasteiger charge is -2.27. The average molecular weight is 423 g/mol. The van der Waals surface area contributed by atoms with E-state index in [1.54, 1.807) is 6.07 Å². The molecule has 2 aromatic rings. The highest BCUT2D eigenvalue weighted by molar-refractivity contribution is 5.74. The van der Waals surface area contributed by atoms with E-state index in [0.717, 1.165) is 30.8 Å². The number of amides is 2. The molecule has 1 saturated heterocycles. The first kappa shape index (κ1) is 21.9. The SMILES string of the molecule is O=C(NCc1ccccc1CN1CCOCC1)NCc1ccccc1OC(F)(F)F. The van der Waals surface area contributed by atoms with Crippen LogP contribution in [0.5, 0.6) is 5.75 Å². The third-order valence-electron chi connectivity index (χ3n) is 4.69. The Morgan fingerprint density at radius 3 is 2.17 bits per heavy atom. The van der Waals surface area contributed by atoms with Crippen LogP contribution in [-0.4, -0.2) is 43.6 Å². The van der Waals surface area contributed by atoms with Crippen LogP contribution >= 0.6 is 0 Å². The number of nitrogens with one attached hydrogen (secondary N) is 2. The Morgan fingerprint density at radius 2 is 1.50 bits per heavy atom. The maximum absolute atomic E-state index is 12.5. The second-order valence-electron chi connectivity index (χ2n) is 6.85. The zero-order valence-electron chi connectivity index (χ0n) is 16.4. The Hall–Kier alpha value is -2.78. The summed E-state index contributed by atoms with van der Waals surface area (Å²) >= 11 is 0. The van der Waals surface area contributed by atoms with Gasteiger partial charge < -0.3 is 20.1 Å². The van der Waals surface area contributed by atoms with E-state index in [1.807, 2.05) is 24.3 Å². The average Bonchev–Trinajstić information content (AvgIpc) is 2.72. The molecule has 3 rings (SSSR count). The predicted molar refractivity (Wildman–Crippen MR) is 105 cm³/mol. The van der Waals surface area contributed by atoms with Crippen LogP contribution in [-0.2, 0) is 24.4 Å². The predicted octanol–water partition coefficient (Wildman–Crippen LogP) is 3.42. The standard InChI is InChI=1S/C21H24F3N3O3/c22-21(23,24)30-19-8-4-3-6-17(19)14-26-20(28)25-13-16-5-1-2-7-18(16)15-27-9-11-29-12-10-27/h1-8H,9-15H2,(H2,25,26,28). The number of nitrogens with zero attached hydrogens (tertiary/aromatic N) is 1. The molecule has 0 radical (unpaired) electrons. The summed E-state index contributed by atoms with van der Waals surface area (Å²) in [5.74, 6) is -0.332. The number of benzene rings is 2. The molecule has 162 valence electrons. The Bertz CT molecular complexity index is 839. The van der Waals surface area contributed by atoms with E-state index < -0.39 is 12.4 Å². The summed E-state index contributed by atoms with van der Waals surface area (Å²) < 4.78 is 46.9. The Labute approximate surface area is 173 Å². The second-order valence-corrected chi connectivity index (χ2v) is 6.85. The van der Waals surface area contributed by atoms with Crippen LogP contribution in [0.3, 0.4) is 0 Å². The van der Waals surface area contributed by atoms with Gasteiger partial charge in [-0.15, -0.1) is 13.2 Å². The fourth-order valence-electron chi connectivity index (χ4n) is 3.17. The highest BCUT2D eigenvalue weighted by atomic mass is 19.4. The van der Waals surface area contributed by atoms with Crippen LogP contribution in [0.1, 0.15) is 16.7 Å². The Morgan fingerprint density at radius 1 is 0.933 bits per heavy atom. The number of alkyl halides is 3. The number of halogens is 3. The van der Waals surface area contributed by atoms with E-state index in [-0.39, 0.29) is 17.9 Å². The van der Waals surface area contributed by atoms with Gasteiger partial charge in [0.15, 0.2) is 0 Å². The third kappa shape index (κ3) is 6.93. The van der Waals surface area contributed by atoms with Crippen molar-refractivity contribution in [3.05, 3.63) is 65.2 Å². The van der Waals surface area contributed by atoms with E-state index >= 15 is 0 Å². The van der Waals surface area contributed by atoms with Gasteiger partial charge in [-0.2, -0.15) is 0 Å². The maximum Gasteiger partial charge on any atom is 0.573 e. The van der Waals surface area contributed by atoms with Gasteiger partial charge in [-0.1, -0.05) is 42.5 Å². The summed E-state index contributed by atoms with van der Waals surface area (Å²) in [6.07, 6.45) is -4.79. The fourth-order valence-corrected chi connectivity index (χ4v) is 3.17. The number of hydrogen-bond acceptors (Lipinski definition) is 4. The summed E-state index contributed by atoms with van der Waals surface area (Å²) in [6.45, 7) is 4.14. The minimum Gasteiger partial charge on any atom is -0.405 e. The van der Waals surface area contributed by atoms with Crippen molar-refractivity contribution in [2.75, 3.05) is 26.3 Å². The highest BCUT2D eigenvalue weighted by Crippen LogP contribution is 2.26. The number of urea groups is 1. The van der Waals surface area contributed by atoms with Gasteiger partial charge in [-0.05, 0) is 17.2 Å². The number of ether oxygens (including phenoxy) is 2. The molecule has 1 heterocycles. The number of morpholine rings is 1. The Balaban J connectivity index is 1.52. The van der Waals surface area contributed by atoms with Crippen LogP contribution < -0.4 is 15.4 Å². The Kier molecular flexibility index (Phi) is 7.53. The minimum atomic E-state index is -4.79. The van der Waals surface area contributed by atoms with Crippen LogP contribution in [0.4, 0.5) is 18.0 Å². The first-order chi connectivity index (χ1) is 14.4. The van der Waals surface area contributed by atoms with E-state index in [1.165, 1.54) is 18.2 Å². The monoisotopic (exact) mass is 423 g/mol. The smallest absolute Gasteiger partial charge is 0.405 e. The quantitative estimate of drug-likeness (QED) is 0.717. The summed E-state index contributed by atoms with van der Waals surface area (Å²) in [6, 6.07) is 13.1. The van der Waals surface area contributed by atoms with E-state index in [0.29, 0.717) is 19.8 Å². The van der Waals surface area contributed by atoms with Crippen molar-refractivity contribution in [2.24, 2.45) is 0 Å². The maximum atomic E-state index is 12.5. The van der Waals surface area contributed by atoms with Gasteiger partial charge in [0.05, 0.1) is 13.2 Å². The second kappa shape index (κ2) is 10.3. The number of carbonyl (C=O) groups excluding carboxylic acids is 1. The topological polar surface area (TPSA) is 62.8 Å². The van der Waals surface area contributed by atoms with Crippen molar-refractivity contribution in [3.8, 4) is 5.75 Å². The fraction of sp³-hybridized carbons (Fsp3) is 0.381. The molecule has 30 heavy (non-hydrogen) atoms. The van der Waals surface area contributed by atoms with Gasteiger partial charge in [0, 0.05) is 38.3 Å². The zero-order chi connectivity index (χ0) is 21.4. The van der Waals surface area contributed by atoms with E-state index in [9.17, 15) is 18.0 Å². The third-order valence-corrected chi connectivity index (χ3v) is 4.69. The molecule has 2 N–H and O–H groups in total. The minimum absolute atomic E-state index is 0.0898. The van der Waals surface area contributed by atoms with Gasteiger partial charge in [-0.3, -0.25) is 4.90 Å². The van der Waals surface area contributed by atoms with Crippen LogP contribution in [0, 0.1) is 0 Å². The van der Waals surface area contributed by atoms with Gasteiger partial charge in [0.25, 0.3) is 0 Å². The molecule has 0 atom stereocenters. The lowest BCUT2D eigenvalue weighted by Crippen LogP contribution is -2.37. The van der Waals surface area contributed by atoms with Crippen molar-refractivity contribution in [3.63, 3.8) is 0 Å². The number of carbonyl (C=O) groups is 1. The zero-order valence-corrected chi connectivity index (χ0v) is 16.4. The van der Waals surface area contributed by atoms with Gasteiger partial charge in [0.2, 0.25) is 0 Å². The molecule has 2 aromatic carbocycles. The van der Waals surface area contributed by atoms with E-state index in [4.69, 9.17) is 4.74 Å². The van der Waals surface area contributed by atoms with Crippen LogP contribution in [0.15, 0.2) is 48.5 Å². The molecular formula is C21H24F3N3O3. The molecule has 2 amide bonds. The van der Waals surface area contributed by atoms with Crippen molar-refractivity contribution in [1.82, 2.24) is 15.5 Å². The van der Waals surface area contributed by atoms with Crippen molar-refractivity contribution < 1.29 is 27.4 Å². The molecule has 0 aromatic heterocycles. The molecule has 1 aliphatic rings. The lowest BCUT2D eigenvalue weighted by atomic mass is 10.1. The van der Waals surface area contributed by atoms with Gasteiger partial charge in [0.1, 0.15) is 5.75 Å². The summed E-state index contributed by atoms with van der Waals surface area (Å²) in [5.41, 5.74) is 2.33. The first-order valence-corrected chi connectivity index (χ1v) is 9.63. The molecule has 0 aliphatic carbocycles. The molecular weight excluding hydrogens is 399 g/mol. The molecule has 1 aliphatic heterocycles. The summed E-state index contributed by atoms with van der Waals surface area (Å²) in [5, 5.41) is 5.33. The molecule has 1 fully saturated rings. The van der Waals surface area contributed by atoms with Crippen molar-refractivity contribution in [2.45, 2.75) is 26.0 Å². The van der Waals surface area contributed by atoms with Crippen molar-refractivity contribution in [1.29, 1.82) is 0 Å². The first-order valence-electron chi connectivity index (χ1n) is 9.63. The molecule has 0 spiro atoms. The number of para-hydroxylation sites is 1. The van der Waals surface area contributed by atoms with Gasteiger partial charge >= 0.3 is 12.4 Å².